The van der Waals surface area contributed by atoms with Crippen LogP contribution in [0.15, 0.2) is 0 Å². The Balaban J connectivity index is 2.97. The predicted octanol–water partition coefficient (Wildman–Crippen LogP) is 0.996. The summed E-state index contributed by atoms with van der Waals surface area (Å²) in [5, 5.41) is 8.41. The molecule has 0 aromatic carbocycles. The molecule has 0 aromatic heterocycles. The maximum atomic E-state index is 10.2. The van der Waals surface area contributed by atoms with E-state index in [4.69, 9.17) is 33.5 Å². The number of aliphatic carboxylic acids is 1. The lowest BCUT2D eigenvalue weighted by molar-refractivity contribution is -0.138. The number of alkyl halides is 1. The maximum Gasteiger partial charge on any atom is 0.305 e. The van der Waals surface area contributed by atoms with Crippen LogP contribution in [0.5, 0.6) is 0 Å². The topological polar surface area (TPSA) is 92.7 Å². The number of carboxylic acid groups (broad SMARTS) is 1. The molecule has 0 saturated heterocycles. The molecule has 24 heavy (non-hydrogen) atoms. The minimum absolute atomic E-state index is 0.0144. The zero-order valence-electron chi connectivity index (χ0n) is 14.1. The van der Waals surface area contributed by atoms with E-state index in [0.29, 0.717) is 66.1 Å². The van der Waals surface area contributed by atoms with E-state index in [1.807, 2.05) is 0 Å². The number of hydrogen-bond donors (Lipinski definition) is 1. The molecule has 0 radical (unpaired) electrons. The van der Waals surface area contributed by atoms with Crippen molar-refractivity contribution in [2.75, 3.05) is 83.7 Å². The first kappa shape index (κ1) is 24.0. The zero-order valence-corrected chi connectivity index (χ0v) is 16.2. The van der Waals surface area contributed by atoms with E-state index in [-0.39, 0.29) is 13.0 Å². The normalized spacial score (nSPS) is 11.0. The minimum atomic E-state index is -0.862. The lowest BCUT2D eigenvalue weighted by atomic mass is 10.5. The zero-order chi connectivity index (χ0) is 17.7. The first-order valence-corrected chi connectivity index (χ1v) is 9.54. The van der Waals surface area contributed by atoms with Gasteiger partial charge in [-0.25, -0.2) is 0 Å². The summed E-state index contributed by atoms with van der Waals surface area (Å²) in [4.78, 5) is 10.2. The van der Waals surface area contributed by atoms with E-state index in [0.717, 1.165) is 11.0 Å². The van der Waals surface area contributed by atoms with E-state index >= 15 is 0 Å². The van der Waals surface area contributed by atoms with Crippen LogP contribution in [0.3, 0.4) is 0 Å². The summed E-state index contributed by atoms with van der Waals surface area (Å²) < 4.78 is 32.6. The molecule has 0 rings (SSSR count). The fourth-order valence-corrected chi connectivity index (χ4v) is 1.73. The monoisotopic (exact) mass is 464 g/mol. The Morgan fingerprint density at radius 2 is 0.875 bits per heavy atom. The largest absolute Gasteiger partial charge is 0.481 e. The Morgan fingerprint density at radius 1 is 0.583 bits per heavy atom. The molecule has 8 nitrogen and oxygen atoms in total. The van der Waals surface area contributed by atoms with Gasteiger partial charge in [0.2, 0.25) is 0 Å². The van der Waals surface area contributed by atoms with Crippen LogP contribution in [0.1, 0.15) is 6.42 Å². The highest BCUT2D eigenvalue weighted by molar-refractivity contribution is 14.1. The Hall–Kier alpha value is -0.0400. The third-order valence-corrected chi connectivity index (χ3v) is 2.98. The molecular weight excluding hydrogens is 435 g/mol. The molecule has 0 aliphatic carbocycles. The molecule has 0 atom stereocenters. The number of carbonyl (C=O) groups is 1. The third kappa shape index (κ3) is 22.0. The Bertz CT molecular complexity index is 268. The second kappa shape index (κ2) is 21.0. The van der Waals surface area contributed by atoms with Gasteiger partial charge in [-0.3, -0.25) is 4.79 Å². The number of carboxylic acids is 1. The van der Waals surface area contributed by atoms with Gasteiger partial charge in [0.1, 0.15) is 0 Å². The number of halogens is 1. The summed E-state index contributed by atoms with van der Waals surface area (Å²) in [6, 6.07) is 0. The molecule has 0 heterocycles. The minimum Gasteiger partial charge on any atom is -0.481 e. The molecule has 0 unspecified atom stereocenters. The van der Waals surface area contributed by atoms with Crippen LogP contribution in [0, 0.1) is 0 Å². The summed E-state index contributed by atoms with van der Waals surface area (Å²) >= 11 is 2.26. The lowest BCUT2D eigenvalue weighted by Crippen LogP contribution is -2.14. The smallest absolute Gasteiger partial charge is 0.305 e. The highest BCUT2D eigenvalue weighted by Gasteiger charge is 1.96. The molecule has 144 valence electrons. The van der Waals surface area contributed by atoms with Gasteiger partial charge >= 0.3 is 5.97 Å². The summed E-state index contributed by atoms with van der Waals surface area (Å²) in [7, 11) is 0. The average Bonchev–Trinajstić information content (AvgIpc) is 2.56. The van der Waals surface area contributed by atoms with Crippen molar-refractivity contribution in [3.63, 3.8) is 0 Å². The molecule has 1 N–H and O–H groups in total. The van der Waals surface area contributed by atoms with Gasteiger partial charge in [-0.2, -0.15) is 0 Å². The van der Waals surface area contributed by atoms with Gasteiger partial charge < -0.3 is 33.5 Å². The van der Waals surface area contributed by atoms with E-state index in [2.05, 4.69) is 22.6 Å². The molecular formula is C15H29IO8. The average molecular weight is 464 g/mol. The van der Waals surface area contributed by atoms with Gasteiger partial charge in [-0.05, 0) is 0 Å². The van der Waals surface area contributed by atoms with Gasteiger partial charge in [0, 0.05) is 4.43 Å². The van der Waals surface area contributed by atoms with Gasteiger partial charge in [-0.1, -0.05) is 22.6 Å². The molecule has 9 heteroatoms. The van der Waals surface area contributed by atoms with Crippen molar-refractivity contribution in [3.05, 3.63) is 0 Å². The van der Waals surface area contributed by atoms with Crippen LogP contribution >= 0.6 is 22.6 Å². The molecule has 0 aromatic rings. The standard InChI is InChI=1S/C15H29IO8/c16-2-4-20-6-8-22-10-12-24-14-13-23-11-9-21-7-5-19-3-1-15(17)18/h1-14H2,(H,17,18). The second-order valence-electron chi connectivity index (χ2n) is 4.51. The van der Waals surface area contributed by atoms with Crippen LogP contribution < -0.4 is 0 Å². The van der Waals surface area contributed by atoms with Crippen molar-refractivity contribution < 1.29 is 38.3 Å². The maximum absolute atomic E-state index is 10.2. The van der Waals surface area contributed by atoms with Gasteiger partial charge in [-0.15, -0.1) is 0 Å². The fourth-order valence-electron chi connectivity index (χ4n) is 1.42. The Labute approximate surface area is 157 Å². The van der Waals surface area contributed by atoms with Crippen LogP contribution in [-0.4, -0.2) is 94.8 Å². The van der Waals surface area contributed by atoms with Crippen molar-refractivity contribution in [2.45, 2.75) is 6.42 Å². The van der Waals surface area contributed by atoms with Crippen molar-refractivity contribution >= 4 is 28.6 Å². The quantitative estimate of drug-likeness (QED) is 0.162. The van der Waals surface area contributed by atoms with Crippen molar-refractivity contribution in [1.29, 1.82) is 0 Å². The summed E-state index contributed by atoms with van der Waals surface area (Å²) in [5.41, 5.74) is 0. The second-order valence-corrected chi connectivity index (χ2v) is 5.59. The van der Waals surface area contributed by atoms with E-state index in [9.17, 15) is 4.79 Å². The number of ether oxygens (including phenoxy) is 6. The van der Waals surface area contributed by atoms with Crippen molar-refractivity contribution in [3.8, 4) is 0 Å². The first-order chi connectivity index (χ1) is 11.8. The third-order valence-electron chi connectivity index (χ3n) is 2.54. The molecule has 0 amide bonds. The van der Waals surface area contributed by atoms with Crippen LogP contribution in [-0.2, 0) is 33.2 Å². The Kier molecular flexibility index (Phi) is 21.0. The van der Waals surface area contributed by atoms with Gasteiger partial charge in [0.25, 0.3) is 0 Å². The lowest BCUT2D eigenvalue weighted by Gasteiger charge is -2.08. The summed E-state index contributed by atoms with van der Waals surface area (Å²) in [6.07, 6.45) is 0.0144. The van der Waals surface area contributed by atoms with Gasteiger partial charge in [0.15, 0.2) is 0 Å². The van der Waals surface area contributed by atoms with Crippen molar-refractivity contribution in [2.24, 2.45) is 0 Å². The van der Waals surface area contributed by atoms with Gasteiger partial charge in [0.05, 0.1) is 85.7 Å². The Morgan fingerprint density at radius 3 is 1.17 bits per heavy atom. The molecule has 0 aliphatic rings. The van der Waals surface area contributed by atoms with E-state index in [1.165, 1.54) is 0 Å². The van der Waals surface area contributed by atoms with Crippen LogP contribution in [0.25, 0.3) is 0 Å². The van der Waals surface area contributed by atoms with Crippen LogP contribution in [0.2, 0.25) is 0 Å². The molecule has 0 fully saturated rings. The number of hydrogen-bond acceptors (Lipinski definition) is 7. The van der Waals surface area contributed by atoms with Crippen molar-refractivity contribution in [1.82, 2.24) is 0 Å². The highest BCUT2D eigenvalue weighted by atomic mass is 127. The highest BCUT2D eigenvalue weighted by Crippen LogP contribution is 1.86. The first-order valence-electron chi connectivity index (χ1n) is 8.01. The van der Waals surface area contributed by atoms with E-state index < -0.39 is 5.97 Å². The molecule has 0 saturated carbocycles. The molecule has 0 aliphatic heterocycles. The molecule has 0 spiro atoms. The SMILES string of the molecule is O=C(O)CCOCCOCCOCCOCCOCCOCCI. The predicted molar refractivity (Wildman–Crippen MR) is 96.1 cm³/mol. The number of rotatable bonds is 20. The molecule has 0 bridgehead atoms. The van der Waals surface area contributed by atoms with E-state index in [1.54, 1.807) is 0 Å². The summed E-state index contributed by atoms with van der Waals surface area (Å²) in [6.45, 7) is 6.10. The summed E-state index contributed by atoms with van der Waals surface area (Å²) in [5.74, 6) is -0.862. The van der Waals surface area contributed by atoms with Crippen LogP contribution in [0.4, 0.5) is 0 Å². The fraction of sp³-hybridized carbons (Fsp3) is 0.933.